The molecule has 0 aromatic rings. The predicted molar refractivity (Wildman–Crippen MR) is 202 cm³/mol. The minimum Gasteiger partial charge on any atom is -0.462 e. The molecule has 2 atom stereocenters. The van der Waals surface area contributed by atoms with E-state index >= 15 is 0 Å². The molecule has 0 fully saturated rings. The topological polar surface area (TPSA) is 108 Å². The quantitative estimate of drug-likeness (QED) is 0.0296. The average Bonchev–Trinajstić information content (AvgIpc) is 3.09. The number of ether oxygens (including phenoxy) is 2. The summed E-state index contributed by atoms with van der Waals surface area (Å²) in [5.41, 5.74) is 0. The molecule has 286 valence electrons. The average molecular weight is 713 g/mol. The molecule has 0 saturated carbocycles. The maximum absolute atomic E-state index is 12.5. The number of allylic oxidation sites excluding steroid dienone is 6. The molecular weight excluding hydrogens is 639 g/mol. The fraction of sp³-hybridized carbons (Fsp3) is 0.800. The molecule has 0 radical (unpaired) electrons. The van der Waals surface area contributed by atoms with Crippen molar-refractivity contribution in [3.05, 3.63) is 36.5 Å². The number of esters is 2. The van der Waals surface area contributed by atoms with E-state index in [9.17, 15) is 19.0 Å². The van der Waals surface area contributed by atoms with E-state index in [0.29, 0.717) is 6.42 Å². The molecule has 0 aromatic heterocycles. The number of phosphoric acid groups is 1. The van der Waals surface area contributed by atoms with Crippen molar-refractivity contribution in [2.24, 2.45) is 0 Å². The van der Waals surface area contributed by atoms with Crippen LogP contribution in [-0.2, 0) is 32.7 Å². The molecule has 1 N–H and O–H groups in total. The van der Waals surface area contributed by atoms with E-state index in [1.807, 2.05) is 0 Å². The highest BCUT2D eigenvalue weighted by atomic mass is 31.2. The molecule has 0 heterocycles. The zero-order valence-corrected chi connectivity index (χ0v) is 32.5. The summed E-state index contributed by atoms with van der Waals surface area (Å²) in [5.74, 6) is -0.830. The summed E-state index contributed by atoms with van der Waals surface area (Å²) in [6.45, 7) is 3.83. The van der Waals surface area contributed by atoms with Crippen LogP contribution >= 0.6 is 7.82 Å². The maximum Gasteiger partial charge on any atom is 0.472 e. The van der Waals surface area contributed by atoms with Crippen LogP contribution in [0.5, 0.6) is 0 Å². The molecule has 2 unspecified atom stereocenters. The highest BCUT2D eigenvalue weighted by Gasteiger charge is 2.24. The van der Waals surface area contributed by atoms with E-state index in [0.717, 1.165) is 84.2 Å². The Balaban J connectivity index is 4.09. The Labute approximate surface area is 300 Å². The summed E-state index contributed by atoms with van der Waals surface area (Å²) >= 11 is 0. The Hall–Kier alpha value is -1.73. The maximum atomic E-state index is 12.5. The van der Waals surface area contributed by atoms with Crippen LogP contribution in [0.1, 0.15) is 181 Å². The summed E-state index contributed by atoms with van der Waals surface area (Å²) in [4.78, 5) is 34.3. The van der Waals surface area contributed by atoms with Gasteiger partial charge in [-0.2, -0.15) is 0 Å². The van der Waals surface area contributed by atoms with Crippen molar-refractivity contribution in [3.8, 4) is 0 Å². The van der Waals surface area contributed by atoms with Crippen molar-refractivity contribution >= 4 is 19.8 Å². The van der Waals surface area contributed by atoms with E-state index < -0.39 is 26.5 Å². The van der Waals surface area contributed by atoms with Gasteiger partial charge in [0, 0.05) is 20.0 Å². The highest BCUT2D eigenvalue weighted by Crippen LogP contribution is 2.42. The molecule has 0 aliphatic rings. The lowest BCUT2D eigenvalue weighted by molar-refractivity contribution is -0.161. The fourth-order valence-corrected chi connectivity index (χ4v) is 5.73. The minimum atomic E-state index is -4.26. The minimum absolute atomic E-state index is 0.227. The van der Waals surface area contributed by atoms with E-state index in [4.69, 9.17) is 14.0 Å². The molecule has 0 aromatic carbocycles. The highest BCUT2D eigenvalue weighted by molar-refractivity contribution is 7.47. The van der Waals surface area contributed by atoms with Crippen molar-refractivity contribution in [1.29, 1.82) is 0 Å². The predicted octanol–water partition coefficient (Wildman–Crippen LogP) is 12.1. The first-order valence-corrected chi connectivity index (χ1v) is 21.2. The van der Waals surface area contributed by atoms with Gasteiger partial charge in [0.2, 0.25) is 0 Å². The first kappa shape index (κ1) is 47.3. The van der Waals surface area contributed by atoms with Crippen LogP contribution in [0.3, 0.4) is 0 Å². The van der Waals surface area contributed by atoms with Gasteiger partial charge in [-0.3, -0.25) is 18.6 Å². The smallest absolute Gasteiger partial charge is 0.462 e. The van der Waals surface area contributed by atoms with Crippen LogP contribution in [-0.4, -0.2) is 43.3 Å². The number of hydrogen-bond donors (Lipinski definition) is 1. The lowest BCUT2D eigenvalue weighted by Crippen LogP contribution is -2.29. The van der Waals surface area contributed by atoms with Gasteiger partial charge in [-0.25, -0.2) is 4.57 Å². The number of hydrogen-bond acceptors (Lipinski definition) is 7. The SMILES string of the molecule is CCCCCC/C=C\C/C=C\CCCCCCCC(=O)OC(COC(=O)CCCCCCC/C=C\CCCCCCC)COP(=O)(O)OC. The fourth-order valence-electron chi connectivity index (χ4n) is 5.27. The summed E-state index contributed by atoms with van der Waals surface area (Å²) in [7, 11) is -3.21. The largest absolute Gasteiger partial charge is 0.472 e. The second kappa shape index (κ2) is 36.1. The van der Waals surface area contributed by atoms with Gasteiger partial charge in [0.05, 0.1) is 6.61 Å². The summed E-state index contributed by atoms with van der Waals surface area (Å²) in [6, 6.07) is 0. The summed E-state index contributed by atoms with van der Waals surface area (Å²) < 4.78 is 31.9. The van der Waals surface area contributed by atoms with Crippen molar-refractivity contribution in [1.82, 2.24) is 0 Å². The number of carbonyl (C=O) groups is 2. The second-order valence-corrected chi connectivity index (χ2v) is 14.6. The van der Waals surface area contributed by atoms with Gasteiger partial charge in [-0.05, 0) is 70.6 Å². The molecule has 0 spiro atoms. The standard InChI is InChI=1S/C40H73O8P/c1-4-6-8-10-12-14-16-18-20-21-23-25-27-29-31-33-35-40(42)48-38(37-47-49(43,44)45-3)36-46-39(41)34-32-30-28-26-24-22-19-17-15-13-11-9-7-5-2/h14,16-17,19-21,38H,4-13,15,18,22-37H2,1-3H3,(H,43,44)/b16-14-,19-17-,21-20-. The summed E-state index contributed by atoms with van der Waals surface area (Å²) in [5, 5.41) is 0. The van der Waals surface area contributed by atoms with Gasteiger partial charge in [0.1, 0.15) is 6.61 Å². The number of unbranched alkanes of at least 4 members (excludes halogenated alkanes) is 19. The molecule has 8 nitrogen and oxygen atoms in total. The number of rotatable bonds is 36. The second-order valence-electron chi connectivity index (χ2n) is 13.1. The number of phosphoric ester groups is 1. The Bertz CT molecular complexity index is 901. The van der Waals surface area contributed by atoms with Gasteiger partial charge >= 0.3 is 19.8 Å². The molecule has 0 amide bonds. The van der Waals surface area contributed by atoms with E-state index in [1.165, 1.54) is 70.6 Å². The third kappa shape index (κ3) is 35.9. The summed E-state index contributed by atoms with van der Waals surface area (Å²) in [6.07, 6.45) is 40.5. The molecule has 0 saturated heterocycles. The third-order valence-corrected chi connectivity index (χ3v) is 9.29. The third-order valence-electron chi connectivity index (χ3n) is 8.36. The van der Waals surface area contributed by atoms with Gasteiger partial charge in [0.25, 0.3) is 0 Å². The molecule has 0 aliphatic heterocycles. The molecular formula is C40H73O8P. The Kier molecular flexibility index (Phi) is 34.8. The van der Waals surface area contributed by atoms with E-state index in [-0.39, 0.29) is 25.4 Å². The van der Waals surface area contributed by atoms with Crippen LogP contribution in [0, 0.1) is 0 Å². The van der Waals surface area contributed by atoms with Crippen LogP contribution in [0.2, 0.25) is 0 Å². The normalized spacial score (nSPS) is 13.8. The van der Waals surface area contributed by atoms with Gasteiger partial charge < -0.3 is 14.4 Å². The first-order chi connectivity index (χ1) is 23.8. The molecule has 49 heavy (non-hydrogen) atoms. The Morgan fingerprint density at radius 3 is 1.47 bits per heavy atom. The first-order valence-electron chi connectivity index (χ1n) is 19.7. The Morgan fingerprint density at radius 2 is 0.980 bits per heavy atom. The molecule has 0 bridgehead atoms. The van der Waals surface area contributed by atoms with Crippen LogP contribution in [0.25, 0.3) is 0 Å². The molecule has 9 heteroatoms. The zero-order chi connectivity index (χ0) is 36.1. The van der Waals surface area contributed by atoms with Crippen molar-refractivity contribution in [3.63, 3.8) is 0 Å². The lowest BCUT2D eigenvalue weighted by Gasteiger charge is -2.19. The monoisotopic (exact) mass is 713 g/mol. The van der Waals surface area contributed by atoms with Crippen molar-refractivity contribution in [2.45, 2.75) is 187 Å². The van der Waals surface area contributed by atoms with E-state index in [1.54, 1.807) is 0 Å². The van der Waals surface area contributed by atoms with Crippen molar-refractivity contribution < 1.29 is 37.6 Å². The van der Waals surface area contributed by atoms with Crippen LogP contribution < -0.4 is 0 Å². The molecule has 0 rings (SSSR count). The van der Waals surface area contributed by atoms with Gasteiger partial charge in [0.15, 0.2) is 6.10 Å². The Morgan fingerprint density at radius 1 is 0.571 bits per heavy atom. The van der Waals surface area contributed by atoms with Crippen LogP contribution in [0.15, 0.2) is 36.5 Å². The van der Waals surface area contributed by atoms with Crippen LogP contribution in [0.4, 0.5) is 0 Å². The van der Waals surface area contributed by atoms with Crippen molar-refractivity contribution in [2.75, 3.05) is 20.3 Å². The number of carbonyl (C=O) groups excluding carboxylic acids is 2. The van der Waals surface area contributed by atoms with Gasteiger partial charge in [-0.15, -0.1) is 0 Å². The zero-order valence-electron chi connectivity index (χ0n) is 31.6. The van der Waals surface area contributed by atoms with Gasteiger partial charge in [-0.1, -0.05) is 134 Å². The van der Waals surface area contributed by atoms with E-state index in [2.05, 4.69) is 54.8 Å². The molecule has 0 aliphatic carbocycles. The lowest BCUT2D eigenvalue weighted by atomic mass is 10.1.